The summed E-state index contributed by atoms with van der Waals surface area (Å²) in [7, 11) is -4.03. The van der Waals surface area contributed by atoms with Crippen molar-refractivity contribution in [2.75, 3.05) is 26.2 Å². The summed E-state index contributed by atoms with van der Waals surface area (Å²) < 4.78 is 28.2. The number of nitrogens with zero attached hydrogens (tertiary/aromatic N) is 4. The minimum Gasteiger partial charge on any atom is -0.338 e. The van der Waals surface area contributed by atoms with Crippen LogP contribution in [0.2, 0.25) is 5.02 Å². The van der Waals surface area contributed by atoms with Crippen LogP contribution in [0.4, 0.5) is 0 Å². The minimum absolute atomic E-state index is 0.0732. The highest BCUT2D eigenvalue weighted by Crippen LogP contribution is 2.30. The van der Waals surface area contributed by atoms with Gasteiger partial charge in [0.15, 0.2) is 0 Å². The van der Waals surface area contributed by atoms with E-state index < -0.39 is 16.1 Å². The molecule has 0 bridgehead atoms. The van der Waals surface area contributed by atoms with Crippen LogP contribution < -0.4 is 0 Å². The Bertz CT molecular complexity index is 1190. The zero-order valence-corrected chi connectivity index (χ0v) is 20.5. The number of nitriles is 1. The highest BCUT2D eigenvalue weighted by atomic mass is 35.5. The molecule has 0 N–H and O–H groups in total. The average Bonchev–Trinajstić information content (AvgIpc) is 3.17. The molecular weight excluding hydrogens is 460 g/mol. The minimum atomic E-state index is -4.03. The number of sulfonamides is 1. The quantitative estimate of drug-likeness (QED) is 0.581. The lowest BCUT2D eigenvalue weighted by Gasteiger charge is -2.38. The highest BCUT2D eigenvalue weighted by Gasteiger charge is 2.44. The van der Waals surface area contributed by atoms with Gasteiger partial charge in [-0.25, -0.2) is 8.42 Å². The van der Waals surface area contributed by atoms with E-state index in [4.69, 9.17) is 11.6 Å². The van der Waals surface area contributed by atoms with Crippen molar-refractivity contribution in [3.63, 3.8) is 0 Å². The molecule has 0 radical (unpaired) electrons. The number of fused-ring (bicyclic) bond motifs is 1. The van der Waals surface area contributed by atoms with E-state index in [9.17, 15) is 18.5 Å². The maximum Gasteiger partial charge on any atom is 0.244 e. The molecule has 2 fully saturated rings. The van der Waals surface area contributed by atoms with Crippen molar-refractivity contribution in [3.05, 3.63) is 41.4 Å². The van der Waals surface area contributed by atoms with Crippen LogP contribution in [0.15, 0.2) is 41.3 Å². The average molecular weight is 489 g/mol. The number of hydrogen-bond acceptors (Lipinski definition) is 5. The fraction of sp³-hybridized carbons (Fsp3) is 0.500. The molecule has 176 valence electrons. The standard InChI is InChI=1S/C24H29ClN4O3S/c1-17(2)27-11-7-21(8-12-27)28-13-9-23(24(28)30)29(14-10-26)33(31,32)22-6-4-18-15-20(25)5-3-19(18)16-22/h3-6,15-17,21,23H,7-9,11-14H2,1-2H3/t23-/m0/s1. The predicted octanol–water partition coefficient (Wildman–Crippen LogP) is 3.48. The van der Waals surface area contributed by atoms with E-state index in [0.29, 0.717) is 24.0 Å². The number of benzene rings is 2. The second kappa shape index (κ2) is 9.59. The third kappa shape index (κ3) is 4.73. The molecular formula is C24H29ClN4O3S. The number of halogens is 1. The van der Waals surface area contributed by atoms with E-state index >= 15 is 0 Å². The lowest BCUT2D eigenvalue weighted by Crippen LogP contribution is -2.50. The summed E-state index contributed by atoms with van der Waals surface area (Å²) in [5, 5.41) is 11.5. The van der Waals surface area contributed by atoms with Crippen molar-refractivity contribution in [2.45, 2.75) is 56.1 Å². The van der Waals surface area contributed by atoms with E-state index in [1.54, 1.807) is 30.3 Å². The van der Waals surface area contributed by atoms with E-state index in [1.807, 2.05) is 11.0 Å². The SMILES string of the molecule is CC(C)N1CCC(N2CC[C@H](N(CC#N)S(=O)(=O)c3ccc4cc(Cl)ccc4c3)C2=O)CC1. The molecule has 1 amide bonds. The summed E-state index contributed by atoms with van der Waals surface area (Å²) in [5.41, 5.74) is 0. The Kier molecular flexibility index (Phi) is 6.96. The van der Waals surface area contributed by atoms with Crippen LogP contribution in [0.25, 0.3) is 10.8 Å². The van der Waals surface area contributed by atoms with Gasteiger partial charge in [-0.15, -0.1) is 0 Å². The number of likely N-dealkylation sites (tertiary alicyclic amines) is 2. The van der Waals surface area contributed by atoms with Gasteiger partial charge in [0.1, 0.15) is 12.6 Å². The summed E-state index contributed by atoms with van der Waals surface area (Å²) in [6.07, 6.45) is 2.16. The first-order valence-electron chi connectivity index (χ1n) is 11.3. The first-order valence-corrected chi connectivity index (χ1v) is 13.2. The van der Waals surface area contributed by atoms with Gasteiger partial charge < -0.3 is 9.80 Å². The molecule has 0 unspecified atom stereocenters. The monoisotopic (exact) mass is 488 g/mol. The van der Waals surface area contributed by atoms with Gasteiger partial charge in [-0.2, -0.15) is 9.57 Å². The van der Waals surface area contributed by atoms with Gasteiger partial charge in [-0.3, -0.25) is 4.79 Å². The maximum absolute atomic E-state index is 13.5. The van der Waals surface area contributed by atoms with Crippen molar-refractivity contribution in [1.82, 2.24) is 14.1 Å². The lowest BCUT2D eigenvalue weighted by atomic mass is 10.0. The Balaban J connectivity index is 1.56. The van der Waals surface area contributed by atoms with Gasteiger partial charge in [-0.1, -0.05) is 23.7 Å². The van der Waals surface area contributed by atoms with Crippen molar-refractivity contribution < 1.29 is 13.2 Å². The summed E-state index contributed by atoms with van der Waals surface area (Å²) in [6, 6.07) is 11.7. The Morgan fingerprint density at radius 3 is 2.42 bits per heavy atom. The molecule has 0 saturated carbocycles. The maximum atomic E-state index is 13.5. The largest absolute Gasteiger partial charge is 0.338 e. The number of hydrogen-bond donors (Lipinski definition) is 0. The van der Waals surface area contributed by atoms with Crippen LogP contribution in [-0.2, 0) is 14.8 Å². The number of piperidine rings is 1. The van der Waals surface area contributed by atoms with Crippen molar-refractivity contribution in [2.24, 2.45) is 0 Å². The molecule has 0 aromatic heterocycles. The van der Waals surface area contributed by atoms with Crippen LogP contribution in [0, 0.1) is 11.3 Å². The molecule has 2 heterocycles. The van der Waals surface area contributed by atoms with Crippen LogP contribution in [0.3, 0.4) is 0 Å². The van der Waals surface area contributed by atoms with Crippen LogP contribution in [-0.4, -0.2) is 72.7 Å². The first kappa shape index (κ1) is 24.0. The molecule has 0 aliphatic carbocycles. The lowest BCUT2D eigenvalue weighted by molar-refractivity contribution is -0.133. The fourth-order valence-electron chi connectivity index (χ4n) is 4.95. The van der Waals surface area contributed by atoms with Crippen LogP contribution in [0.5, 0.6) is 0 Å². The molecule has 2 saturated heterocycles. The Morgan fingerprint density at radius 1 is 1.09 bits per heavy atom. The van der Waals surface area contributed by atoms with Crippen molar-refractivity contribution in [1.29, 1.82) is 5.26 Å². The zero-order chi connectivity index (χ0) is 23.8. The number of carbonyl (C=O) groups excluding carboxylic acids is 1. The number of rotatable bonds is 6. The molecule has 2 aromatic carbocycles. The summed E-state index contributed by atoms with van der Waals surface area (Å²) in [6.45, 7) is 6.35. The smallest absolute Gasteiger partial charge is 0.244 e. The Morgan fingerprint density at radius 2 is 1.76 bits per heavy atom. The highest BCUT2D eigenvalue weighted by molar-refractivity contribution is 7.89. The second-order valence-corrected chi connectivity index (χ2v) is 11.4. The second-order valence-electron chi connectivity index (χ2n) is 9.06. The van der Waals surface area contributed by atoms with Gasteiger partial charge in [0.2, 0.25) is 15.9 Å². The topological polar surface area (TPSA) is 84.7 Å². The third-order valence-corrected chi connectivity index (χ3v) is 8.92. The Labute approximate surface area is 200 Å². The molecule has 9 heteroatoms. The molecule has 33 heavy (non-hydrogen) atoms. The normalized spacial score (nSPS) is 20.8. The van der Waals surface area contributed by atoms with Gasteiger partial charge in [0.05, 0.1) is 11.0 Å². The van der Waals surface area contributed by atoms with E-state index in [2.05, 4.69) is 18.7 Å². The number of carbonyl (C=O) groups is 1. The zero-order valence-electron chi connectivity index (χ0n) is 18.9. The van der Waals surface area contributed by atoms with Crippen molar-refractivity contribution >= 4 is 38.3 Å². The van der Waals surface area contributed by atoms with Gasteiger partial charge in [0.25, 0.3) is 0 Å². The third-order valence-electron chi connectivity index (χ3n) is 6.84. The summed E-state index contributed by atoms with van der Waals surface area (Å²) in [4.78, 5) is 17.7. The summed E-state index contributed by atoms with van der Waals surface area (Å²) >= 11 is 6.04. The fourth-order valence-corrected chi connectivity index (χ4v) is 6.68. The van der Waals surface area contributed by atoms with Gasteiger partial charge in [-0.05, 0) is 68.1 Å². The Hall–Kier alpha value is -2.18. The van der Waals surface area contributed by atoms with E-state index in [0.717, 1.165) is 41.0 Å². The van der Waals surface area contributed by atoms with Crippen LogP contribution in [0.1, 0.15) is 33.1 Å². The summed E-state index contributed by atoms with van der Waals surface area (Å²) in [5.74, 6) is -0.190. The molecule has 2 aliphatic rings. The molecule has 0 spiro atoms. The first-order chi connectivity index (χ1) is 15.7. The van der Waals surface area contributed by atoms with E-state index in [1.165, 1.54) is 6.07 Å². The van der Waals surface area contributed by atoms with Crippen molar-refractivity contribution in [3.8, 4) is 6.07 Å². The molecule has 2 aliphatic heterocycles. The predicted molar refractivity (Wildman–Crippen MR) is 128 cm³/mol. The van der Waals surface area contributed by atoms with Gasteiger partial charge in [0, 0.05) is 36.7 Å². The molecule has 2 aromatic rings. The molecule has 7 nitrogen and oxygen atoms in total. The van der Waals surface area contributed by atoms with Crippen LogP contribution >= 0.6 is 11.6 Å². The van der Waals surface area contributed by atoms with Gasteiger partial charge >= 0.3 is 0 Å². The molecule has 1 atom stereocenters. The number of amides is 1. The van der Waals surface area contributed by atoms with E-state index in [-0.39, 0.29) is 23.4 Å². The molecule has 4 rings (SSSR count).